The average Bonchev–Trinajstić information content (AvgIpc) is 2.33. The highest BCUT2D eigenvalue weighted by atomic mass is 32.2. The Kier molecular flexibility index (Phi) is 3.59. The van der Waals surface area contributed by atoms with Crippen LogP contribution in [0.5, 0.6) is 0 Å². The van der Waals surface area contributed by atoms with Crippen molar-refractivity contribution in [1.82, 2.24) is 4.31 Å². The van der Waals surface area contributed by atoms with Crippen molar-refractivity contribution >= 4 is 15.7 Å². The van der Waals surface area contributed by atoms with Gasteiger partial charge in [0.2, 0.25) is 10.0 Å². The third kappa shape index (κ3) is 2.49. The van der Waals surface area contributed by atoms with E-state index in [1.54, 1.807) is 0 Å². The van der Waals surface area contributed by atoms with E-state index in [0.29, 0.717) is 19.0 Å². The molecule has 0 atom stereocenters. The van der Waals surface area contributed by atoms with E-state index in [9.17, 15) is 12.8 Å². The molecule has 1 heterocycles. The van der Waals surface area contributed by atoms with Crippen LogP contribution in [0.15, 0.2) is 23.1 Å². The Hall–Kier alpha value is -1.14. The van der Waals surface area contributed by atoms with Gasteiger partial charge in [0.15, 0.2) is 0 Å². The monoisotopic (exact) mass is 272 g/mol. The minimum absolute atomic E-state index is 0.0243. The third-order valence-electron chi connectivity index (χ3n) is 3.35. The van der Waals surface area contributed by atoms with E-state index in [2.05, 4.69) is 6.92 Å². The molecule has 18 heavy (non-hydrogen) atoms. The van der Waals surface area contributed by atoms with Gasteiger partial charge < -0.3 is 5.73 Å². The number of piperidine rings is 1. The van der Waals surface area contributed by atoms with Gasteiger partial charge in [0, 0.05) is 13.1 Å². The van der Waals surface area contributed by atoms with E-state index in [0.717, 1.165) is 18.9 Å². The molecule has 4 nitrogen and oxygen atoms in total. The molecule has 0 amide bonds. The molecule has 1 aliphatic rings. The molecule has 2 rings (SSSR count). The van der Waals surface area contributed by atoms with Gasteiger partial charge in [0.05, 0.1) is 10.6 Å². The van der Waals surface area contributed by atoms with Crippen molar-refractivity contribution in [3.05, 3.63) is 24.0 Å². The van der Waals surface area contributed by atoms with E-state index in [-0.39, 0.29) is 10.6 Å². The highest BCUT2D eigenvalue weighted by molar-refractivity contribution is 7.89. The summed E-state index contributed by atoms with van der Waals surface area (Å²) in [5.74, 6) is -0.152. The number of nitrogens with two attached hydrogens (primary N) is 1. The fourth-order valence-electron chi connectivity index (χ4n) is 2.04. The van der Waals surface area contributed by atoms with E-state index >= 15 is 0 Å². The lowest BCUT2D eigenvalue weighted by molar-refractivity contribution is 0.288. The van der Waals surface area contributed by atoms with Crippen LogP contribution in [0.4, 0.5) is 10.1 Å². The number of halogens is 1. The lowest BCUT2D eigenvalue weighted by Crippen LogP contribution is -2.37. The van der Waals surface area contributed by atoms with Gasteiger partial charge >= 0.3 is 0 Å². The van der Waals surface area contributed by atoms with E-state index in [4.69, 9.17) is 5.73 Å². The predicted octanol–water partition coefficient (Wildman–Crippen LogP) is 1.83. The van der Waals surface area contributed by atoms with Crippen LogP contribution in [-0.2, 0) is 10.0 Å². The molecule has 0 spiro atoms. The minimum Gasteiger partial charge on any atom is -0.396 e. The second-order valence-corrected chi connectivity index (χ2v) is 6.71. The van der Waals surface area contributed by atoms with Gasteiger partial charge in [-0.3, -0.25) is 0 Å². The van der Waals surface area contributed by atoms with E-state index in [1.807, 2.05) is 0 Å². The maximum atomic E-state index is 13.3. The highest BCUT2D eigenvalue weighted by Gasteiger charge is 2.28. The van der Waals surface area contributed by atoms with Crippen molar-refractivity contribution in [3.8, 4) is 0 Å². The Morgan fingerprint density at radius 2 is 1.94 bits per heavy atom. The molecule has 1 aromatic rings. The summed E-state index contributed by atoms with van der Waals surface area (Å²) in [6.07, 6.45) is 1.69. The zero-order valence-electron chi connectivity index (χ0n) is 10.3. The van der Waals surface area contributed by atoms with Crippen LogP contribution < -0.4 is 5.73 Å². The largest absolute Gasteiger partial charge is 0.396 e. The molecular formula is C12H17FN2O2S. The summed E-state index contributed by atoms with van der Waals surface area (Å²) in [5, 5.41) is 0. The summed E-state index contributed by atoms with van der Waals surface area (Å²) in [4.78, 5) is -0.0243. The molecule has 2 N–H and O–H groups in total. The summed E-state index contributed by atoms with van der Waals surface area (Å²) < 4.78 is 39.3. The summed E-state index contributed by atoms with van der Waals surface area (Å²) in [5.41, 5.74) is 5.30. The molecular weight excluding hydrogens is 255 g/mol. The fraction of sp³-hybridized carbons (Fsp3) is 0.500. The molecule has 1 fully saturated rings. The predicted molar refractivity (Wildman–Crippen MR) is 68.0 cm³/mol. The molecule has 1 aromatic carbocycles. The Bertz CT molecular complexity index is 537. The van der Waals surface area contributed by atoms with Gasteiger partial charge in [-0.15, -0.1) is 0 Å². The first-order chi connectivity index (χ1) is 8.41. The van der Waals surface area contributed by atoms with Crippen molar-refractivity contribution in [2.24, 2.45) is 5.92 Å². The molecule has 0 unspecified atom stereocenters. The molecule has 0 aromatic heterocycles. The lowest BCUT2D eigenvalue weighted by Gasteiger charge is -2.29. The number of hydrogen-bond acceptors (Lipinski definition) is 3. The van der Waals surface area contributed by atoms with Crippen molar-refractivity contribution in [3.63, 3.8) is 0 Å². The van der Waals surface area contributed by atoms with Crippen LogP contribution in [0.25, 0.3) is 0 Å². The standard InChI is InChI=1S/C12H17FN2O2S/c1-9-4-6-15(7-5-9)18(16,17)10-2-3-12(14)11(13)8-10/h2-3,8-9H,4-7,14H2,1H3. The molecule has 1 aliphatic heterocycles. The van der Waals surface area contributed by atoms with Crippen molar-refractivity contribution in [1.29, 1.82) is 0 Å². The molecule has 0 aliphatic carbocycles. The maximum Gasteiger partial charge on any atom is 0.243 e. The normalized spacial score (nSPS) is 19.0. The second kappa shape index (κ2) is 4.85. The number of hydrogen-bond donors (Lipinski definition) is 1. The quantitative estimate of drug-likeness (QED) is 0.835. The SMILES string of the molecule is CC1CCN(S(=O)(=O)c2ccc(N)c(F)c2)CC1. The summed E-state index contributed by atoms with van der Waals surface area (Å²) in [7, 11) is -3.59. The van der Waals surface area contributed by atoms with Gasteiger partial charge in [-0.05, 0) is 37.0 Å². The number of benzene rings is 1. The molecule has 1 saturated heterocycles. The highest BCUT2D eigenvalue weighted by Crippen LogP contribution is 2.24. The van der Waals surface area contributed by atoms with Crippen LogP contribution in [0, 0.1) is 11.7 Å². The zero-order valence-corrected chi connectivity index (χ0v) is 11.1. The van der Waals surface area contributed by atoms with Crippen LogP contribution in [0.3, 0.4) is 0 Å². The Morgan fingerprint density at radius 3 is 2.50 bits per heavy atom. The van der Waals surface area contributed by atoms with E-state index in [1.165, 1.54) is 16.4 Å². The maximum absolute atomic E-state index is 13.3. The first-order valence-electron chi connectivity index (χ1n) is 5.96. The smallest absolute Gasteiger partial charge is 0.243 e. The summed E-state index contributed by atoms with van der Waals surface area (Å²) in [6.45, 7) is 3.10. The number of nitrogen functional groups attached to an aromatic ring is 1. The van der Waals surface area contributed by atoms with Gasteiger partial charge in [0.1, 0.15) is 5.82 Å². The minimum atomic E-state index is -3.59. The third-order valence-corrected chi connectivity index (χ3v) is 5.25. The van der Waals surface area contributed by atoms with E-state index < -0.39 is 15.8 Å². The summed E-state index contributed by atoms with van der Waals surface area (Å²) in [6, 6.07) is 3.63. The fourth-order valence-corrected chi connectivity index (χ4v) is 3.52. The van der Waals surface area contributed by atoms with Crippen molar-refractivity contribution in [2.75, 3.05) is 18.8 Å². The Morgan fingerprint density at radius 1 is 1.33 bits per heavy atom. The van der Waals surface area contributed by atoms with Crippen molar-refractivity contribution in [2.45, 2.75) is 24.7 Å². The van der Waals surface area contributed by atoms with Crippen LogP contribution in [0.2, 0.25) is 0 Å². The van der Waals surface area contributed by atoms with Gasteiger partial charge in [0.25, 0.3) is 0 Å². The number of anilines is 1. The topological polar surface area (TPSA) is 63.4 Å². The number of sulfonamides is 1. The van der Waals surface area contributed by atoms with Crippen LogP contribution >= 0.6 is 0 Å². The first kappa shape index (κ1) is 13.3. The van der Waals surface area contributed by atoms with Crippen LogP contribution in [0.1, 0.15) is 19.8 Å². The Labute approximate surface area is 107 Å². The molecule has 6 heteroatoms. The van der Waals surface area contributed by atoms with Crippen LogP contribution in [-0.4, -0.2) is 25.8 Å². The molecule has 0 bridgehead atoms. The Balaban J connectivity index is 2.27. The molecule has 100 valence electrons. The molecule has 0 saturated carbocycles. The number of rotatable bonds is 2. The van der Waals surface area contributed by atoms with Crippen molar-refractivity contribution < 1.29 is 12.8 Å². The first-order valence-corrected chi connectivity index (χ1v) is 7.40. The van der Waals surface area contributed by atoms with Gasteiger partial charge in [-0.1, -0.05) is 6.92 Å². The van der Waals surface area contributed by atoms with Gasteiger partial charge in [-0.25, -0.2) is 12.8 Å². The number of nitrogens with zero attached hydrogens (tertiary/aromatic N) is 1. The lowest BCUT2D eigenvalue weighted by atomic mass is 10.0. The molecule has 0 radical (unpaired) electrons. The second-order valence-electron chi connectivity index (χ2n) is 4.77. The van der Waals surface area contributed by atoms with Gasteiger partial charge in [-0.2, -0.15) is 4.31 Å². The zero-order chi connectivity index (χ0) is 13.3. The average molecular weight is 272 g/mol. The summed E-state index contributed by atoms with van der Waals surface area (Å²) >= 11 is 0.